The van der Waals surface area contributed by atoms with Crippen molar-refractivity contribution in [3.8, 4) is 0 Å². The van der Waals surface area contributed by atoms with E-state index >= 15 is 0 Å². The maximum Gasteiger partial charge on any atom is 0.417 e. The first-order valence-electron chi connectivity index (χ1n) is 7.92. The van der Waals surface area contributed by atoms with Crippen molar-refractivity contribution in [2.24, 2.45) is 5.41 Å². The van der Waals surface area contributed by atoms with Gasteiger partial charge in [-0.15, -0.1) is 0 Å². The van der Waals surface area contributed by atoms with Gasteiger partial charge in [0, 0.05) is 18.5 Å². The molecule has 0 bridgehead atoms. The summed E-state index contributed by atoms with van der Waals surface area (Å²) in [6.45, 7) is 5.59. The fourth-order valence-electron chi connectivity index (χ4n) is 3.04. The molecule has 1 N–H and O–H groups in total. The summed E-state index contributed by atoms with van der Waals surface area (Å²) in [5, 5.41) is 2.17. The van der Waals surface area contributed by atoms with Crippen molar-refractivity contribution < 1.29 is 22.8 Å². The summed E-state index contributed by atoms with van der Waals surface area (Å²) in [6, 6.07) is 2.94. The molecule has 1 atom stereocenters. The van der Waals surface area contributed by atoms with Gasteiger partial charge in [0.25, 0.3) is 0 Å². The van der Waals surface area contributed by atoms with Crippen molar-refractivity contribution in [2.45, 2.75) is 46.0 Å². The topological polar surface area (TPSA) is 49.4 Å². The van der Waals surface area contributed by atoms with Gasteiger partial charge in [0.15, 0.2) is 0 Å². The highest BCUT2D eigenvalue weighted by Crippen LogP contribution is 2.37. The van der Waals surface area contributed by atoms with E-state index in [9.17, 15) is 22.8 Å². The van der Waals surface area contributed by atoms with Crippen molar-refractivity contribution in [3.05, 3.63) is 34.3 Å². The number of likely N-dealkylation sites (tertiary alicyclic amines) is 1. The Labute approximate surface area is 149 Å². The number of alkyl halides is 3. The summed E-state index contributed by atoms with van der Waals surface area (Å²) >= 11 is 5.83. The standard InChI is InChI=1S/C17H20ClF3N2O2/c1-4-23-12(8-16(2,3)15(23)25)14(24)22-9-10-6-5-7-11(13(10)18)17(19,20)21/h5-7,12H,4,8-9H2,1-3H3,(H,22,24)/t12-/m0/s1. The van der Waals surface area contributed by atoms with E-state index in [1.807, 2.05) is 0 Å². The van der Waals surface area contributed by atoms with Crippen LogP contribution in [-0.4, -0.2) is 29.3 Å². The highest BCUT2D eigenvalue weighted by atomic mass is 35.5. The molecule has 0 radical (unpaired) electrons. The zero-order chi connectivity index (χ0) is 19.0. The molecule has 1 fully saturated rings. The Bertz CT molecular complexity index is 689. The minimum Gasteiger partial charge on any atom is -0.350 e. The number of carbonyl (C=O) groups is 2. The smallest absolute Gasteiger partial charge is 0.350 e. The van der Waals surface area contributed by atoms with Gasteiger partial charge in [-0.2, -0.15) is 13.2 Å². The molecular weight excluding hydrogens is 357 g/mol. The summed E-state index contributed by atoms with van der Waals surface area (Å²) < 4.78 is 38.6. The van der Waals surface area contributed by atoms with Crippen LogP contribution in [0, 0.1) is 5.41 Å². The van der Waals surface area contributed by atoms with E-state index < -0.39 is 34.1 Å². The Balaban J connectivity index is 2.12. The molecule has 1 aliphatic rings. The number of carbonyl (C=O) groups excluding carboxylic acids is 2. The van der Waals surface area contributed by atoms with Crippen molar-refractivity contribution in [3.63, 3.8) is 0 Å². The average Bonchev–Trinajstić information content (AvgIpc) is 2.74. The van der Waals surface area contributed by atoms with Gasteiger partial charge >= 0.3 is 6.18 Å². The van der Waals surface area contributed by atoms with Gasteiger partial charge < -0.3 is 10.2 Å². The van der Waals surface area contributed by atoms with Gasteiger partial charge in [0.1, 0.15) is 6.04 Å². The third kappa shape index (κ3) is 3.92. The van der Waals surface area contributed by atoms with Gasteiger partial charge in [-0.3, -0.25) is 9.59 Å². The zero-order valence-electron chi connectivity index (χ0n) is 14.2. The largest absolute Gasteiger partial charge is 0.417 e. The summed E-state index contributed by atoms with van der Waals surface area (Å²) in [4.78, 5) is 26.2. The highest BCUT2D eigenvalue weighted by Gasteiger charge is 2.47. The Morgan fingerprint density at radius 3 is 2.60 bits per heavy atom. The van der Waals surface area contributed by atoms with Crippen molar-refractivity contribution in [1.29, 1.82) is 0 Å². The molecule has 0 saturated carbocycles. The minimum absolute atomic E-state index is 0.104. The lowest BCUT2D eigenvalue weighted by Gasteiger charge is -2.22. The summed E-state index contributed by atoms with van der Waals surface area (Å²) in [5.74, 6) is -0.499. The van der Waals surface area contributed by atoms with Gasteiger partial charge in [0.05, 0.1) is 10.6 Å². The molecule has 1 aliphatic heterocycles. The van der Waals surface area contributed by atoms with Crippen molar-refractivity contribution >= 4 is 23.4 Å². The molecule has 4 nitrogen and oxygen atoms in total. The highest BCUT2D eigenvalue weighted by molar-refractivity contribution is 6.32. The molecule has 0 unspecified atom stereocenters. The first kappa shape index (κ1) is 19.6. The number of hydrogen-bond donors (Lipinski definition) is 1. The second kappa shape index (κ2) is 6.86. The minimum atomic E-state index is -4.56. The van der Waals surface area contributed by atoms with Crippen LogP contribution >= 0.6 is 11.6 Å². The fourth-order valence-corrected chi connectivity index (χ4v) is 3.34. The maximum absolute atomic E-state index is 12.9. The Morgan fingerprint density at radius 2 is 2.04 bits per heavy atom. The van der Waals surface area contributed by atoms with Crippen LogP contribution in [0.3, 0.4) is 0 Å². The molecule has 0 spiro atoms. The van der Waals surface area contributed by atoms with E-state index in [-0.39, 0.29) is 18.0 Å². The summed E-state index contributed by atoms with van der Waals surface area (Å²) in [7, 11) is 0. The number of nitrogens with zero attached hydrogens (tertiary/aromatic N) is 1. The maximum atomic E-state index is 12.9. The number of benzene rings is 1. The van der Waals surface area contributed by atoms with Gasteiger partial charge in [-0.25, -0.2) is 0 Å². The van der Waals surface area contributed by atoms with E-state index in [0.29, 0.717) is 13.0 Å². The molecule has 138 valence electrons. The molecule has 2 amide bonds. The molecule has 25 heavy (non-hydrogen) atoms. The SMILES string of the molecule is CCN1C(=O)C(C)(C)C[C@H]1C(=O)NCc1cccc(C(F)(F)F)c1Cl. The second-order valence-electron chi connectivity index (χ2n) is 6.69. The van der Waals surface area contributed by atoms with Crippen molar-refractivity contribution in [2.75, 3.05) is 6.54 Å². The zero-order valence-corrected chi connectivity index (χ0v) is 15.0. The monoisotopic (exact) mass is 376 g/mol. The van der Waals surface area contributed by atoms with Crippen LogP contribution in [0.15, 0.2) is 18.2 Å². The van der Waals surface area contributed by atoms with Gasteiger partial charge in [0.2, 0.25) is 11.8 Å². The van der Waals surface area contributed by atoms with Crippen LogP contribution < -0.4 is 5.32 Å². The second-order valence-corrected chi connectivity index (χ2v) is 7.07. The average molecular weight is 377 g/mol. The lowest BCUT2D eigenvalue weighted by Crippen LogP contribution is -2.44. The predicted octanol–water partition coefficient (Wildman–Crippen LogP) is 3.62. The third-order valence-electron chi connectivity index (χ3n) is 4.40. The van der Waals surface area contributed by atoms with E-state index in [1.165, 1.54) is 17.0 Å². The number of likely N-dealkylation sites (N-methyl/N-ethyl adjacent to an activating group) is 1. The molecule has 0 aliphatic carbocycles. The molecule has 8 heteroatoms. The van der Waals surface area contributed by atoms with Crippen LogP contribution in [0.4, 0.5) is 13.2 Å². The molecular formula is C17H20ClF3N2O2. The quantitative estimate of drug-likeness (QED) is 0.872. The fraction of sp³-hybridized carbons (Fsp3) is 0.529. The number of rotatable bonds is 4. The van der Waals surface area contributed by atoms with Gasteiger partial charge in [-0.05, 0) is 25.0 Å². The molecule has 1 aromatic carbocycles. The van der Waals surface area contributed by atoms with Crippen LogP contribution in [0.25, 0.3) is 0 Å². The van der Waals surface area contributed by atoms with Crippen LogP contribution in [0.1, 0.15) is 38.3 Å². The van der Waals surface area contributed by atoms with E-state index in [1.54, 1.807) is 20.8 Å². The predicted molar refractivity (Wildman–Crippen MR) is 87.9 cm³/mol. The Hall–Kier alpha value is -1.76. The normalized spacial score (nSPS) is 20.0. The lowest BCUT2D eigenvalue weighted by atomic mass is 9.89. The summed E-state index contributed by atoms with van der Waals surface area (Å²) in [6.07, 6.45) is -4.19. The molecule has 0 aromatic heterocycles. The summed E-state index contributed by atoms with van der Waals surface area (Å²) in [5.41, 5.74) is -1.39. The Morgan fingerprint density at radius 1 is 1.40 bits per heavy atom. The lowest BCUT2D eigenvalue weighted by molar-refractivity contribution is -0.138. The van der Waals surface area contributed by atoms with Gasteiger partial charge in [-0.1, -0.05) is 37.6 Å². The Kier molecular flexibility index (Phi) is 5.37. The third-order valence-corrected chi connectivity index (χ3v) is 4.85. The number of halogens is 4. The van der Waals surface area contributed by atoms with E-state index in [4.69, 9.17) is 11.6 Å². The first-order chi connectivity index (χ1) is 11.5. The number of amides is 2. The molecule has 1 heterocycles. The van der Waals surface area contributed by atoms with E-state index in [0.717, 1.165) is 6.07 Å². The number of nitrogens with one attached hydrogen (secondary N) is 1. The first-order valence-corrected chi connectivity index (χ1v) is 8.30. The number of hydrogen-bond acceptors (Lipinski definition) is 2. The molecule has 1 aromatic rings. The molecule has 1 saturated heterocycles. The van der Waals surface area contributed by atoms with Crippen LogP contribution in [0.5, 0.6) is 0 Å². The van der Waals surface area contributed by atoms with Crippen molar-refractivity contribution in [1.82, 2.24) is 10.2 Å². The van der Waals surface area contributed by atoms with E-state index in [2.05, 4.69) is 5.32 Å². The van der Waals surface area contributed by atoms with Crippen LogP contribution in [-0.2, 0) is 22.3 Å². The van der Waals surface area contributed by atoms with Crippen LogP contribution in [0.2, 0.25) is 5.02 Å². The molecule has 2 rings (SSSR count).